The first kappa shape index (κ1) is 13.5. The summed E-state index contributed by atoms with van der Waals surface area (Å²) >= 11 is 0. The van der Waals surface area contributed by atoms with Crippen molar-refractivity contribution in [3.8, 4) is 5.75 Å². The number of nitrogens with two attached hydrogens (primary N) is 1. The topological polar surface area (TPSA) is 55.6 Å². The van der Waals surface area contributed by atoms with E-state index in [9.17, 15) is 4.79 Å². The van der Waals surface area contributed by atoms with Crippen LogP contribution in [0.3, 0.4) is 0 Å². The first-order valence-corrected chi connectivity index (χ1v) is 7.10. The number of fused-ring (bicyclic) bond motifs is 1. The van der Waals surface area contributed by atoms with Gasteiger partial charge in [-0.05, 0) is 48.7 Å². The van der Waals surface area contributed by atoms with Gasteiger partial charge in [0.05, 0.1) is 0 Å². The molecule has 1 amide bonds. The van der Waals surface area contributed by atoms with Gasteiger partial charge in [-0.3, -0.25) is 4.79 Å². The third-order valence-corrected chi connectivity index (χ3v) is 3.65. The van der Waals surface area contributed by atoms with Crippen molar-refractivity contribution in [2.24, 2.45) is 0 Å². The van der Waals surface area contributed by atoms with Crippen LogP contribution in [-0.2, 0) is 11.2 Å². The first-order valence-electron chi connectivity index (χ1n) is 7.10. The maximum Gasteiger partial charge on any atom is 0.264 e. The van der Waals surface area contributed by atoms with Crippen LogP contribution in [-0.4, -0.2) is 19.1 Å². The fourth-order valence-electron chi connectivity index (χ4n) is 2.58. The first-order chi connectivity index (χ1) is 10.2. The van der Waals surface area contributed by atoms with Gasteiger partial charge in [0.1, 0.15) is 5.75 Å². The lowest BCUT2D eigenvalue weighted by molar-refractivity contribution is -0.120. The van der Waals surface area contributed by atoms with Crippen LogP contribution in [0.1, 0.15) is 12.0 Å². The highest BCUT2D eigenvalue weighted by atomic mass is 16.5. The number of ether oxygens (including phenoxy) is 1. The molecule has 0 atom stereocenters. The van der Waals surface area contributed by atoms with Gasteiger partial charge in [0.25, 0.3) is 5.91 Å². The molecule has 4 heteroatoms. The SMILES string of the molecule is Nc1ccc(OCC(=O)N2CCCc3ccccc32)cc1. The number of amides is 1. The zero-order valence-corrected chi connectivity index (χ0v) is 11.8. The van der Waals surface area contributed by atoms with E-state index < -0.39 is 0 Å². The lowest BCUT2D eigenvalue weighted by Crippen LogP contribution is -2.38. The molecular formula is C17H18N2O2. The Morgan fingerprint density at radius 3 is 2.71 bits per heavy atom. The van der Waals surface area contributed by atoms with Crippen LogP contribution in [0.4, 0.5) is 11.4 Å². The van der Waals surface area contributed by atoms with Gasteiger partial charge in [0, 0.05) is 17.9 Å². The number of aryl methyl sites for hydroxylation is 1. The zero-order chi connectivity index (χ0) is 14.7. The Kier molecular flexibility index (Phi) is 3.77. The molecule has 0 aliphatic carbocycles. The van der Waals surface area contributed by atoms with Gasteiger partial charge < -0.3 is 15.4 Å². The quantitative estimate of drug-likeness (QED) is 0.880. The molecular weight excluding hydrogens is 264 g/mol. The molecule has 1 aliphatic heterocycles. The molecule has 4 nitrogen and oxygen atoms in total. The van der Waals surface area contributed by atoms with Crippen LogP contribution in [0, 0.1) is 0 Å². The summed E-state index contributed by atoms with van der Waals surface area (Å²) in [4.78, 5) is 14.2. The van der Waals surface area contributed by atoms with Gasteiger partial charge in [-0.25, -0.2) is 0 Å². The van der Waals surface area contributed by atoms with Crippen LogP contribution < -0.4 is 15.4 Å². The summed E-state index contributed by atoms with van der Waals surface area (Å²) in [5.41, 5.74) is 8.54. The fourth-order valence-corrected chi connectivity index (χ4v) is 2.58. The number of carbonyl (C=O) groups is 1. The van der Waals surface area contributed by atoms with Crippen LogP contribution in [0.5, 0.6) is 5.75 Å². The summed E-state index contributed by atoms with van der Waals surface area (Å²) in [5.74, 6) is 0.641. The maximum absolute atomic E-state index is 12.4. The molecule has 0 unspecified atom stereocenters. The van der Waals surface area contributed by atoms with Crippen LogP contribution in [0.25, 0.3) is 0 Å². The highest BCUT2D eigenvalue weighted by molar-refractivity contribution is 5.95. The molecule has 0 saturated heterocycles. The minimum atomic E-state index is -0.0148. The Balaban J connectivity index is 1.68. The molecule has 108 valence electrons. The molecule has 0 saturated carbocycles. The third kappa shape index (κ3) is 2.99. The summed E-state index contributed by atoms with van der Waals surface area (Å²) in [7, 11) is 0. The monoisotopic (exact) mass is 282 g/mol. The number of anilines is 2. The Hall–Kier alpha value is -2.49. The van der Waals surface area contributed by atoms with E-state index in [1.165, 1.54) is 5.56 Å². The lowest BCUT2D eigenvalue weighted by Gasteiger charge is -2.29. The molecule has 2 aromatic carbocycles. The van der Waals surface area contributed by atoms with E-state index in [-0.39, 0.29) is 12.5 Å². The van der Waals surface area contributed by atoms with Crippen molar-refractivity contribution in [3.63, 3.8) is 0 Å². The molecule has 21 heavy (non-hydrogen) atoms. The van der Waals surface area contributed by atoms with Crippen LogP contribution in [0.15, 0.2) is 48.5 Å². The Morgan fingerprint density at radius 1 is 1.14 bits per heavy atom. The highest BCUT2D eigenvalue weighted by Crippen LogP contribution is 2.26. The molecule has 0 spiro atoms. The number of nitrogens with zero attached hydrogens (tertiary/aromatic N) is 1. The highest BCUT2D eigenvalue weighted by Gasteiger charge is 2.22. The molecule has 2 N–H and O–H groups in total. The molecule has 0 radical (unpaired) electrons. The van der Waals surface area contributed by atoms with Crippen molar-refractivity contribution in [3.05, 3.63) is 54.1 Å². The van der Waals surface area contributed by atoms with Crippen molar-refractivity contribution >= 4 is 17.3 Å². The summed E-state index contributed by atoms with van der Waals surface area (Å²) < 4.78 is 5.54. The standard InChI is InChI=1S/C17H18N2O2/c18-14-7-9-15(10-8-14)21-12-17(20)19-11-3-5-13-4-1-2-6-16(13)19/h1-2,4,6-10H,3,5,11-12,18H2. The number of rotatable bonds is 3. The van der Waals surface area contributed by atoms with E-state index in [0.717, 1.165) is 25.1 Å². The van der Waals surface area contributed by atoms with Gasteiger partial charge in [-0.15, -0.1) is 0 Å². The number of hydrogen-bond donors (Lipinski definition) is 1. The molecule has 0 bridgehead atoms. The Labute approximate surface area is 124 Å². The number of para-hydroxylation sites is 1. The van der Waals surface area contributed by atoms with E-state index in [0.29, 0.717) is 11.4 Å². The molecule has 0 fully saturated rings. The Bertz CT molecular complexity index is 637. The average Bonchev–Trinajstić information content (AvgIpc) is 2.53. The fraction of sp³-hybridized carbons (Fsp3) is 0.235. The largest absolute Gasteiger partial charge is 0.484 e. The number of hydrogen-bond acceptors (Lipinski definition) is 3. The predicted molar refractivity (Wildman–Crippen MR) is 83.5 cm³/mol. The molecule has 0 aromatic heterocycles. The van der Waals surface area contributed by atoms with E-state index in [2.05, 4.69) is 6.07 Å². The lowest BCUT2D eigenvalue weighted by atomic mass is 10.0. The van der Waals surface area contributed by atoms with E-state index >= 15 is 0 Å². The Morgan fingerprint density at radius 2 is 1.90 bits per heavy atom. The predicted octanol–water partition coefficient (Wildman–Crippen LogP) is 2.63. The van der Waals surface area contributed by atoms with E-state index in [1.807, 2.05) is 23.1 Å². The zero-order valence-electron chi connectivity index (χ0n) is 11.8. The number of benzene rings is 2. The van der Waals surface area contributed by atoms with Crippen LogP contribution in [0.2, 0.25) is 0 Å². The van der Waals surface area contributed by atoms with Gasteiger partial charge in [0.2, 0.25) is 0 Å². The van der Waals surface area contributed by atoms with Crippen LogP contribution >= 0.6 is 0 Å². The van der Waals surface area contributed by atoms with Gasteiger partial charge in [0.15, 0.2) is 6.61 Å². The molecule has 2 aromatic rings. The second-order valence-electron chi connectivity index (χ2n) is 5.14. The van der Waals surface area contributed by atoms with E-state index in [1.54, 1.807) is 24.3 Å². The van der Waals surface area contributed by atoms with Gasteiger partial charge in [-0.1, -0.05) is 18.2 Å². The van der Waals surface area contributed by atoms with Crippen molar-refractivity contribution in [1.29, 1.82) is 0 Å². The van der Waals surface area contributed by atoms with Crippen molar-refractivity contribution in [1.82, 2.24) is 0 Å². The summed E-state index contributed by atoms with van der Waals surface area (Å²) in [5, 5.41) is 0. The van der Waals surface area contributed by atoms with Crippen molar-refractivity contribution in [2.75, 3.05) is 23.8 Å². The second kappa shape index (κ2) is 5.87. The minimum Gasteiger partial charge on any atom is -0.484 e. The van der Waals surface area contributed by atoms with Crippen molar-refractivity contribution in [2.45, 2.75) is 12.8 Å². The average molecular weight is 282 g/mol. The normalized spacial score (nSPS) is 13.6. The molecule has 3 rings (SSSR count). The number of carbonyl (C=O) groups excluding carboxylic acids is 1. The molecule has 1 heterocycles. The number of nitrogen functional groups attached to an aromatic ring is 1. The van der Waals surface area contributed by atoms with Crippen molar-refractivity contribution < 1.29 is 9.53 Å². The second-order valence-corrected chi connectivity index (χ2v) is 5.14. The van der Waals surface area contributed by atoms with Gasteiger partial charge >= 0.3 is 0 Å². The maximum atomic E-state index is 12.4. The summed E-state index contributed by atoms with van der Waals surface area (Å²) in [6.07, 6.45) is 2.02. The minimum absolute atomic E-state index is 0.0148. The summed E-state index contributed by atoms with van der Waals surface area (Å²) in [6, 6.07) is 15.1. The third-order valence-electron chi connectivity index (χ3n) is 3.65. The van der Waals surface area contributed by atoms with E-state index in [4.69, 9.17) is 10.5 Å². The summed E-state index contributed by atoms with van der Waals surface area (Å²) in [6.45, 7) is 0.791. The van der Waals surface area contributed by atoms with Gasteiger partial charge in [-0.2, -0.15) is 0 Å². The smallest absolute Gasteiger partial charge is 0.264 e. The molecule has 1 aliphatic rings.